The molecule has 2 rings (SSSR count). The van der Waals surface area contributed by atoms with E-state index in [1.54, 1.807) is 0 Å². The number of aromatic nitrogens is 1. The molecule has 0 bridgehead atoms. The van der Waals surface area contributed by atoms with E-state index in [2.05, 4.69) is 50.0 Å². The Bertz CT molecular complexity index is 502. The van der Waals surface area contributed by atoms with Crippen molar-refractivity contribution < 1.29 is 0 Å². The van der Waals surface area contributed by atoms with Gasteiger partial charge < -0.3 is 0 Å². The van der Waals surface area contributed by atoms with Crippen LogP contribution in [0.15, 0.2) is 30.5 Å². The van der Waals surface area contributed by atoms with Crippen molar-refractivity contribution in [1.29, 1.82) is 0 Å². The number of rotatable bonds is 4. The monoisotopic (exact) mass is 227 g/mol. The molecule has 1 heterocycles. The van der Waals surface area contributed by atoms with Crippen LogP contribution in [0.4, 0.5) is 0 Å². The fourth-order valence-electron chi connectivity index (χ4n) is 2.33. The summed E-state index contributed by atoms with van der Waals surface area (Å²) in [5, 5.41) is 2.59. The first-order chi connectivity index (χ1) is 8.22. The fraction of sp³-hybridized carbons (Fsp3) is 0.438. The van der Waals surface area contributed by atoms with Gasteiger partial charge in [0.2, 0.25) is 0 Å². The van der Waals surface area contributed by atoms with Crippen molar-refractivity contribution in [3.8, 4) is 0 Å². The molecular formula is C16H21N. The van der Waals surface area contributed by atoms with Gasteiger partial charge in [0.1, 0.15) is 0 Å². The molecule has 1 atom stereocenters. The number of fused-ring (bicyclic) bond motifs is 1. The molecule has 0 aliphatic carbocycles. The minimum Gasteiger partial charge on any atom is -0.261 e. The Kier molecular flexibility index (Phi) is 3.78. The summed E-state index contributed by atoms with van der Waals surface area (Å²) < 4.78 is 0. The SMILES string of the molecule is CCCCC(C)c1ccc2c(C)nccc2c1. The van der Waals surface area contributed by atoms with Gasteiger partial charge >= 0.3 is 0 Å². The van der Waals surface area contributed by atoms with Crippen LogP contribution < -0.4 is 0 Å². The Hall–Kier alpha value is -1.37. The maximum absolute atomic E-state index is 4.33. The molecule has 0 radical (unpaired) electrons. The molecule has 90 valence electrons. The summed E-state index contributed by atoms with van der Waals surface area (Å²) in [4.78, 5) is 4.33. The average Bonchev–Trinajstić information content (AvgIpc) is 2.36. The van der Waals surface area contributed by atoms with Gasteiger partial charge in [-0.2, -0.15) is 0 Å². The van der Waals surface area contributed by atoms with Gasteiger partial charge in [0.25, 0.3) is 0 Å². The van der Waals surface area contributed by atoms with Crippen molar-refractivity contribution in [2.75, 3.05) is 0 Å². The number of nitrogens with zero attached hydrogens (tertiary/aromatic N) is 1. The van der Waals surface area contributed by atoms with Crippen LogP contribution >= 0.6 is 0 Å². The van der Waals surface area contributed by atoms with E-state index in [-0.39, 0.29) is 0 Å². The Morgan fingerprint density at radius 1 is 1.24 bits per heavy atom. The molecule has 17 heavy (non-hydrogen) atoms. The Balaban J connectivity index is 2.31. The van der Waals surface area contributed by atoms with E-state index < -0.39 is 0 Å². The zero-order chi connectivity index (χ0) is 12.3. The molecule has 1 heteroatoms. The Labute approximate surface area is 104 Å². The molecular weight excluding hydrogens is 206 g/mol. The molecule has 0 N–H and O–H groups in total. The van der Waals surface area contributed by atoms with Gasteiger partial charge in [0.15, 0.2) is 0 Å². The second kappa shape index (κ2) is 5.31. The Morgan fingerprint density at radius 2 is 2.06 bits per heavy atom. The van der Waals surface area contributed by atoms with E-state index in [4.69, 9.17) is 0 Å². The van der Waals surface area contributed by atoms with E-state index in [0.29, 0.717) is 5.92 Å². The highest BCUT2D eigenvalue weighted by Gasteiger charge is 2.06. The third-order valence-corrected chi connectivity index (χ3v) is 3.55. The third kappa shape index (κ3) is 2.66. The molecule has 1 aromatic heterocycles. The van der Waals surface area contributed by atoms with Gasteiger partial charge in [-0.15, -0.1) is 0 Å². The van der Waals surface area contributed by atoms with E-state index in [9.17, 15) is 0 Å². The maximum atomic E-state index is 4.33. The first-order valence-electron chi connectivity index (χ1n) is 6.57. The lowest BCUT2D eigenvalue weighted by molar-refractivity contribution is 0.625. The zero-order valence-corrected chi connectivity index (χ0v) is 11.0. The summed E-state index contributed by atoms with van der Waals surface area (Å²) in [5.74, 6) is 0.660. The summed E-state index contributed by atoms with van der Waals surface area (Å²) in [6, 6.07) is 8.91. The lowest BCUT2D eigenvalue weighted by Gasteiger charge is -2.12. The largest absolute Gasteiger partial charge is 0.261 e. The van der Waals surface area contributed by atoms with Gasteiger partial charge in [-0.3, -0.25) is 4.98 Å². The fourth-order valence-corrected chi connectivity index (χ4v) is 2.33. The molecule has 0 saturated heterocycles. The van der Waals surface area contributed by atoms with Crippen LogP contribution in [0.5, 0.6) is 0 Å². The van der Waals surface area contributed by atoms with E-state index >= 15 is 0 Å². The maximum Gasteiger partial charge on any atom is 0.0450 e. The molecule has 2 aromatic rings. The lowest BCUT2D eigenvalue weighted by Crippen LogP contribution is -1.94. The van der Waals surface area contributed by atoms with Gasteiger partial charge in [-0.1, -0.05) is 44.9 Å². The summed E-state index contributed by atoms with van der Waals surface area (Å²) >= 11 is 0. The van der Waals surface area contributed by atoms with Crippen LogP contribution in [0.3, 0.4) is 0 Å². The second-order valence-corrected chi connectivity index (χ2v) is 4.92. The van der Waals surface area contributed by atoms with Crippen LogP contribution in [0.2, 0.25) is 0 Å². The molecule has 0 amide bonds. The molecule has 1 nitrogen and oxygen atoms in total. The molecule has 0 aliphatic heterocycles. The number of pyridine rings is 1. The number of hydrogen-bond donors (Lipinski definition) is 0. The van der Waals surface area contributed by atoms with Crippen LogP contribution in [0.25, 0.3) is 10.8 Å². The van der Waals surface area contributed by atoms with Crippen LogP contribution in [-0.4, -0.2) is 4.98 Å². The lowest BCUT2D eigenvalue weighted by atomic mass is 9.93. The second-order valence-electron chi connectivity index (χ2n) is 4.92. The van der Waals surface area contributed by atoms with E-state index in [1.165, 1.54) is 35.6 Å². The average molecular weight is 227 g/mol. The highest BCUT2D eigenvalue weighted by Crippen LogP contribution is 2.25. The smallest absolute Gasteiger partial charge is 0.0450 e. The first kappa shape index (κ1) is 12.1. The third-order valence-electron chi connectivity index (χ3n) is 3.55. The van der Waals surface area contributed by atoms with Crippen molar-refractivity contribution in [3.63, 3.8) is 0 Å². The van der Waals surface area contributed by atoms with Crippen molar-refractivity contribution in [1.82, 2.24) is 4.98 Å². The van der Waals surface area contributed by atoms with E-state index in [0.717, 1.165) is 5.69 Å². The first-order valence-corrected chi connectivity index (χ1v) is 6.57. The summed E-state index contributed by atoms with van der Waals surface area (Å²) in [6.07, 6.45) is 5.78. The van der Waals surface area contributed by atoms with Gasteiger partial charge in [-0.25, -0.2) is 0 Å². The van der Waals surface area contributed by atoms with Crippen molar-refractivity contribution in [2.45, 2.75) is 46.0 Å². The van der Waals surface area contributed by atoms with Crippen LogP contribution in [-0.2, 0) is 0 Å². The topological polar surface area (TPSA) is 12.9 Å². The highest BCUT2D eigenvalue weighted by atomic mass is 14.7. The van der Waals surface area contributed by atoms with Crippen LogP contribution in [0, 0.1) is 6.92 Å². The molecule has 0 aliphatic rings. The molecule has 0 fully saturated rings. The zero-order valence-electron chi connectivity index (χ0n) is 11.0. The molecule has 1 unspecified atom stereocenters. The minimum atomic E-state index is 0.660. The highest BCUT2D eigenvalue weighted by molar-refractivity contribution is 5.84. The summed E-state index contributed by atoms with van der Waals surface area (Å²) in [6.45, 7) is 6.65. The summed E-state index contributed by atoms with van der Waals surface area (Å²) in [7, 11) is 0. The number of unbranched alkanes of at least 4 members (excludes halogenated alkanes) is 1. The number of hydrogen-bond acceptors (Lipinski definition) is 1. The van der Waals surface area contributed by atoms with Crippen molar-refractivity contribution in [3.05, 3.63) is 41.7 Å². The van der Waals surface area contributed by atoms with Gasteiger partial charge in [0, 0.05) is 17.3 Å². The van der Waals surface area contributed by atoms with Crippen LogP contribution in [0.1, 0.15) is 50.3 Å². The number of benzene rings is 1. The van der Waals surface area contributed by atoms with Gasteiger partial charge in [-0.05, 0) is 36.3 Å². The standard InChI is InChI=1S/C16H21N/c1-4-5-6-12(2)14-7-8-16-13(3)17-10-9-15(16)11-14/h7-12H,4-6H2,1-3H3. The minimum absolute atomic E-state index is 0.660. The predicted octanol–water partition coefficient (Wildman–Crippen LogP) is 4.84. The van der Waals surface area contributed by atoms with E-state index in [1.807, 2.05) is 6.20 Å². The Morgan fingerprint density at radius 3 is 2.82 bits per heavy atom. The van der Waals surface area contributed by atoms with Gasteiger partial charge in [0.05, 0.1) is 0 Å². The quantitative estimate of drug-likeness (QED) is 0.728. The molecule has 0 spiro atoms. The van der Waals surface area contributed by atoms with Crippen molar-refractivity contribution >= 4 is 10.8 Å². The number of aryl methyl sites for hydroxylation is 1. The molecule has 1 aromatic carbocycles. The van der Waals surface area contributed by atoms with Crippen molar-refractivity contribution in [2.24, 2.45) is 0 Å². The normalized spacial score (nSPS) is 12.9. The molecule has 0 saturated carbocycles. The summed E-state index contributed by atoms with van der Waals surface area (Å²) in [5.41, 5.74) is 2.58. The predicted molar refractivity (Wildman–Crippen MR) is 74.4 cm³/mol.